The summed E-state index contributed by atoms with van der Waals surface area (Å²) in [6.45, 7) is 2.34. The third-order valence-electron chi connectivity index (χ3n) is 3.62. The molecule has 1 unspecified atom stereocenters. The van der Waals surface area contributed by atoms with Crippen LogP contribution >= 0.6 is 24.0 Å². The Balaban J connectivity index is 0.00000242. The van der Waals surface area contributed by atoms with Crippen molar-refractivity contribution in [1.29, 1.82) is 5.26 Å². The largest absolute Gasteiger partial charge is 0.316 e. The third-order valence-corrected chi connectivity index (χ3v) is 5.44. The molecule has 2 rings (SSSR count). The number of hydrogen-bond donors (Lipinski definition) is 2. The molecule has 0 radical (unpaired) electrons. The molecule has 122 valence electrons. The zero-order valence-electron chi connectivity index (χ0n) is 12.0. The summed E-state index contributed by atoms with van der Waals surface area (Å²) < 4.78 is 27.1. The summed E-state index contributed by atoms with van der Waals surface area (Å²) in [5.41, 5.74) is -0.00833. The van der Waals surface area contributed by atoms with E-state index in [2.05, 4.69) is 10.0 Å². The second-order valence-electron chi connectivity index (χ2n) is 5.12. The molecule has 1 aromatic rings. The lowest BCUT2D eigenvalue weighted by atomic mass is 9.96. The normalized spacial score (nSPS) is 18.3. The maximum Gasteiger partial charge on any atom is 0.241 e. The average Bonchev–Trinajstić information content (AvgIpc) is 2.48. The predicted octanol–water partition coefficient (Wildman–Crippen LogP) is 2.30. The maximum absolute atomic E-state index is 12.3. The summed E-state index contributed by atoms with van der Waals surface area (Å²) in [7, 11) is -3.70. The van der Waals surface area contributed by atoms with Crippen LogP contribution < -0.4 is 10.0 Å². The molecule has 0 aromatic heterocycles. The van der Waals surface area contributed by atoms with Crippen LogP contribution in [0.3, 0.4) is 0 Å². The molecule has 8 heteroatoms. The van der Waals surface area contributed by atoms with Crippen molar-refractivity contribution in [2.24, 2.45) is 5.92 Å². The molecule has 1 heterocycles. The summed E-state index contributed by atoms with van der Waals surface area (Å²) in [5, 5.41) is 12.5. The molecule has 1 aromatic carbocycles. The fourth-order valence-electron chi connectivity index (χ4n) is 2.48. The summed E-state index contributed by atoms with van der Waals surface area (Å²) in [6, 6.07) is 6.28. The summed E-state index contributed by atoms with van der Waals surface area (Å²) in [6.07, 6.45) is 3.04. The minimum absolute atomic E-state index is 0. The molecule has 0 saturated carbocycles. The van der Waals surface area contributed by atoms with Gasteiger partial charge in [-0.3, -0.25) is 0 Å². The molecule has 0 spiro atoms. The molecular weight excluding hydrogens is 345 g/mol. The van der Waals surface area contributed by atoms with E-state index in [1.807, 2.05) is 6.07 Å². The van der Waals surface area contributed by atoms with Gasteiger partial charge in [0.1, 0.15) is 11.0 Å². The SMILES string of the molecule is Cl.N#Cc1c(Cl)cccc1S(=O)(=O)NCCC1CCCNC1. The highest BCUT2D eigenvalue weighted by molar-refractivity contribution is 7.89. The van der Waals surface area contributed by atoms with Crippen molar-refractivity contribution in [2.75, 3.05) is 19.6 Å². The van der Waals surface area contributed by atoms with E-state index in [1.54, 1.807) is 0 Å². The quantitative estimate of drug-likeness (QED) is 0.840. The van der Waals surface area contributed by atoms with Gasteiger partial charge in [-0.05, 0) is 50.4 Å². The second kappa shape index (κ2) is 8.70. The standard InChI is InChI=1S/C14H18ClN3O2S.ClH/c15-13-4-1-5-14(12(13)9-16)21(19,20)18-8-6-11-3-2-7-17-10-11;/h1,4-5,11,17-18H,2-3,6-8,10H2;1H. The lowest BCUT2D eigenvalue weighted by molar-refractivity contribution is 0.358. The van der Waals surface area contributed by atoms with Crippen LogP contribution in [0.4, 0.5) is 0 Å². The van der Waals surface area contributed by atoms with Crippen LogP contribution in [0.15, 0.2) is 23.1 Å². The Bertz CT molecular complexity index is 638. The van der Waals surface area contributed by atoms with E-state index in [0.717, 1.165) is 32.4 Å². The van der Waals surface area contributed by atoms with Gasteiger partial charge in [0.2, 0.25) is 10.0 Å². The molecule has 2 N–H and O–H groups in total. The van der Waals surface area contributed by atoms with E-state index >= 15 is 0 Å². The number of rotatable bonds is 5. The summed E-state index contributed by atoms with van der Waals surface area (Å²) in [5.74, 6) is 0.497. The number of benzene rings is 1. The first-order valence-electron chi connectivity index (χ1n) is 6.93. The Hall–Kier alpha value is -0.840. The molecule has 1 aliphatic rings. The Morgan fingerprint density at radius 1 is 1.45 bits per heavy atom. The first-order chi connectivity index (χ1) is 10.0. The maximum atomic E-state index is 12.3. The number of piperidine rings is 1. The van der Waals surface area contributed by atoms with E-state index in [0.29, 0.717) is 12.5 Å². The first kappa shape index (κ1) is 19.2. The van der Waals surface area contributed by atoms with Gasteiger partial charge in [0.15, 0.2) is 0 Å². The van der Waals surface area contributed by atoms with Crippen molar-refractivity contribution in [3.63, 3.8) is 0 Å². The lowest BCUT2D eigenvalue weighted by Gasteiger charge is -2.22. The first-order valence-corrected chi connectivity index (χ1v) is 8.79. The van der Waals surface area contributed by atoms with Gasteiger partial charge in [0.25, 0.3) is 0 Å². The lowest BCUT2D eigenvalue weighted by Crippen LogP contribution is -2.33. The third kappa shape index (κ3) is 4.83. The number of nitrogens with zero attached hydrogens (tertiary/aromatic N) is 1. The highest BCUT2D eigenvalue weighted by Crippen LogP contribution is 2.23. The molecule has 5 nitrogen and oxygen atoms in total. The minimum Gasteiger partial charge on any atom is -0.316 e. The van der Waals surface area contributed by atoms with Crippen LogP contribution in [0.25, 0.3) is 0 Å². The molecule has 22 heavy (non-hydrogen) atoms. The van der Waals surface area contributed by atoms with Crippen molar-refractivity contribution >= 4 is 34.0 Å². The van der Waals surface area contributed by atoms with Crippen LogP contribution in [0.5, 0.6) is 0 Å². The van der Waals surface area contributed by atoms with Crippen molar-refractivity contribution in [3.05, 3.63) is 28.8 Å². The van der Waals surface area contributed by atoms with Gasteiger partial charge in [-0.15, -0.1) is 12.4 Å². The van der Waals surface area contributed by atoms with Crippen molar-refractivity contribution < 1.29 is 8.42 Å². The van der Waals surface area contributed by atoms with Crippen LogP contribution in [0, 0.1) is 17.2 Å². The Morgan fingerprint density at radius 2 is 2.23 bits per heavy atom. The van der Waals surface area contributed by atoms with Gasteiger partial charge in [0, 0.05) is 6.54 Å². The fraction of sp³-hybridized carbons (Fsp3) is 0.500. The van der Waals surface area contributed by atoms with Crippen LogP contribution in [-0.2, 0) is 10.0 Å². The monoisotopic (exact) mass is 363 g/mol. The summed E-state index contributed by atoms with van der Waals surface area (Å²) >= 11 is 5.87. The topological polar surface area (TPSA) is 82.0 Å². The van der Waals surface area contributed by atoms with E-state index in [1.165, 1.54) is 18.2 Å². The highest BCUT2D eigenvalue weighted by atomic mass is 35.5. The molecule has 1 saturated heterocycles. The fourth-order valence-corrected chi connectivity index (χ4v) is 3.98. The van der Waals surface area contributed by atoms with Crippen LogP contribution in [-0.4, -0.2) is 28.1 Å². The van der Waals surface area contributed by atoms with Gasteiger partial charge in [-0.25, -0.2) is 13.1 Å². The van der Waals surface area contributed by atoms with Crippen molar-refractivity contribution in [2.45, 2.75) is 24.2 Å². The van der Waals surface area contributed by atoms with Crippen LogP contribution in [0.2, 0.25) is 5.02 Å². The number of hydrogen-bond acceptors (Lipinski definition) is 4. The zero-order valence-corrected chi connectivity index (χ0v) is 14.4. The highest BCUT2D eigenvalue weighted by Gasteiger charge is 2.21. The van der Waals surface area contributed by atoms with Gasteiger partial charge in [-0.2, -0.15) is 5.26 Å². The van der Waals surface area contributed by atoms with E-state index in [4.69, 9.17) is 16.9 Å². The molecular formula is C14H19Cl2N3O2S. The van der Waals surface area contributed by atoms with Gasteiger partial charge < -0.3 is 5.32 Å². The average molecular weight is 364 g/mol. The van der Waals surface area contributed by atoms with Gasteiger partial charge in [-0.1, -0.05) is 17.7 Å². The van der Waals surface area contributed by atoms with E-state index < -0.39 is 10.0 Å². The molecule has 0 bridgehead atoms. The van der Waals surface area contributed by atoms with Gasteiger partial charge >= 0.3 is 0 Å². The predicted molar refractivity (Wildman–Crippen MR) is 88.8 cm³/mol. The summed E-state index contributed by atoms with van der Waals surface area (Å²) in [4.78, 5) is -0.0562. The Kier molecular flexibility index (Phi) is 7.60. The number of halogens is 2. The minimum atomic E-state index is -3.70. The number of nitriles is 1. The molecule has 0 aliphatic carbocycles. The molecule has 1 fully saturated rings. The van der Waals surface area contributed by atoms with E-state index in [-0.39, 0.29) is 27.9 Å². The Morgan fingerprint density at radius 3 is 2.86 bits per heavy atom. The molecule has 1 aliphatic heterocycles. The number of sulfonamides is 1. The van der Waals surface area contributed by atoms with Crippen molar-refractivity contribution in [3.8, 4) is 6.07 Å². The molecule has 0 amide bonds. The van der Waals surface area contributed by atoms with E-state index in [9.17, 15) is 8.42 Å². The van der Waals surface area contributed by atoms with Gasteiger partial charge in [0.05, 0.1) is 10.6 Å². The zero-order chi connectivity index (χ0) is 15.3. The van der Waals surface area contributed by atoms with Crippen molar-refractivity contribution in [1.82, 2.24) is 10.0 Å². The van der Waals surface area contributed by atoms with Crippen LogP contribution in [0.1, 0.15) is 24.8 Å². The Labute approximate surface area is 142 Å². The second-order valence-corrected chi connectivity index (χ2v) is 7.27. The number of nitrogens with one attached hydrogen (secondary N) is 2. The smallest absolute Gasteiger partial charge is 0.241 e. The molecule has 1 atom stereocenters.